The van der Waals surface area contributed by atoms with Crippen LogP contribution in [0.1, 0.15) is 27.4 Å². The number of carbonyl (C=O) groups is 3. The van der Waals surface area contributed by atoms with Crippen LogP contribution in [-0.4, -0.2) is 37.0 Å². The van der Waals surface area contributed by atoms with Gasteiger partial charge in [0.1, 0.15) is 23.9 Å². The van der Waals surface area contributed by atoms with E-state index in [-0.39, 0.29) is 36.2 Å². The third-order valence-corrected chi connectivity index (χ3v) is 5.88. The van der Waals surface area contributed by atoms with Gasteiger partial charge >= 0.3 is 12.0 Å². The first-order valence-electron chi connectivity index (χ1n) is 10.6. The van der Waals surface area contributed by atoms with E-state index >= 15 is 0 Å². The fraction of sp³-hybridized carbons (Fsp3) is 0.160. The van der Waals surface area contributed by atoms with Crippen LogP contribution in [0.2, 0.25) is 0 Å². The highest BCUT2D eigenvalue weighted by Crippen LogP contribution is 2.35. The topological polar surface area (TPSA) is 107 Å². The van der Waals surface area contributed by atoms with Crippen LogP contribution in [0, 0.1) is 5.82 Å². The van der Waals surface area contributed by atoms with Crippen LogP contribution in [0.3, 0.4) is 0 Å². The second-order valence-corrected chi connectivity index (χ2v) is 8.43. The largest absolute Gasteiger partial charge is 0.493 e. The van der Waals surface area contributed by atoms with Crippen molar-refractivity contribution in [3.8, 4) is 11.5 Å². The number of furan rings is 1. The number of amides is 3. The Morgan fingerprint density at radius 1 is 1.14 bits per heavy atom. The van der Waals surface area contributed by atoms with E-state index in [2.05, 4.69) is 26.0 Å². The molecule has 186 valence electrons. The average molecular weight is 559 g/mol. The van der Waals surface area contributed by atoms with Gasteiger partial charge in [0, 0.05) is 4.47 Å². The van der Waals surface area contributed by atoms with Gasteiger partial charge in [-0.25, -0.2) is 14.0 Å². The van der Waals surface area contributed by atoms with Gasteiger partial charge in [-0.2, -0.15) is 0 Å². The lowest BCUT2D eigenvalue weighted by molar-refractivity contribution is -0.123. The number of hydrogen-bond acceptors (Lipinski definition) is 7. The molecule has 1 N–H and O–H groups in total. The Hall–Kier alpha value is -4.12. The molecule has 0 bridgehead atoms. The van der Waals surface area contributed by atoms with E-state index in [1.54, 1.807) is 24.3 Å². The van der Waals surface area contributed by atoms with Gasteiger partial charge in [0.05, 0.1) is 20.8 Å². The van der Waals surface area contributed by atoms with Crippen molar-refractivity contribution in [1.29, 1.82) is 0 Å². The normalized spacial score (nSPS) is 14.2. The highest BCUT2D eigenvalue weighted by atomic mass is 79.9. The number of carbonyl (C=O) groups excluding carboxylic acids is 3. The summed E-state index contributed by atoms with van der Waals surface area (Å²) < 4.78 is 35.1. The molecule has 0 radical (unpaired) electrons. The Bertz CT molecular complexity index is 1370. The molecule has 36 heavy (non-hydrogen) atoms. The molecule has 1 saturated heterocycles. The molecule has 1 fully saturated rings. The number of ether oxygens (including phenoxy) is 3. The van der Waals surface area contributed by atoms with Crippen LogP contribution >= 0.6 is 15.9 Å². The minimum absolute atomic E-state index is 0.0361. The summed E-state index contributed by atoms with van der Waals surface area (Å²) in [5.41, 5.74) is 1.23. The summed E-state index contributed by atoms with van der Waals surface area (Å²) >= 11 is 3.45. The molecule has 0 atom stereocenters. The Morgan fingerprint density at radius 3 is 2.67 bits per heavy atom. The Balaban J connectivity index is 1.51. The Labute approximate surface area is 213 Å². The van der Waals surface area contributed by atoms with Crippen LogP contribution in [0.15, 0.2) is 63.1 Å². The standard InChI is InChI=1S/C25H20BrFN2O7/c1-33-21-10-15(18(26)11-22(21)35-13-14-4-3-5-16(27)8-14)9-19-23(30)29(25(32)28-19)12-17-6-7-20(36-17)24(31)34-2/h3-11H,12-13H2,1-2H3,(H,28,32)/b19-9-. The number of rotatable bonds is 8. The lowest BCUT2D eigenvalue weighted by Gasteiger charge is -2.13. The molecule has 0 spiro atoms. The van der Waals surface area contributed by atoms with Gasteiger partial charge in [0.2, 0.25) is 5.76 Å². The number of nitrogens with zero attached hydrogens (tertiary/aromatic N) is 1. The van der Waals surface area contributed by atoms with Gasteiger partial charge in [0.15, 0.2) is 11.5 Å². The van der Waals surface area contributed by atoms with Gasteiger partial charge < -0.3 is 23.9 Å². The van der Waals surface area contributed by atoms with Crippen molar-refractivity contribution in [2.45, 2.75) is 13.2 Å². The highest BCUT2D eigenvalue weighted by Gasteiger charge is 2.34. The van der Waals surface area contributed by atoms with Crippen molar-refractivity contribution in [1.82, 2.24) is 10.2 Å². The van der Waals surface area contributed by atoms with Crippen LogP contribution in [0.5, 0.6) is 11.5 Å². The third-order valence-electron chi connectivity index (χ3n) is 5.19. The molecule has 3 amide bonds. The summed E-state index contributed by atoms with van der Waals surface area (Å²) in [6.45, 7) is -0.0503. The Kier molecular flexibility index (Phi) is 7.39. The summed E-state index contributed by atoms with van der Waals surface area (Å²) in [4.78, 5) is 37.8. The molecule has 1 aliphatic heterocycles. The number of urea groups is 1. The van der Waals surface area contributed by atoms with Gasteiger partial charge in [0.25, 0.3) is 5.91 Å². The van der Waals surface area contributed by atoms with Crippen LogP contribution in [0.4, 0.5) is 9.18 Å². The van der Waals surface area contributed by atoms with Crippen molar-refractivity contribution >= 4 is 39.9 Å². The second-order valence-electron chi connectivity index (χ2n) is 7.58. The van der Waals surface area contributed by atoms with Crippen LogP contribution in [-0.2, 0) is 22.7 Å². The van der Waals surface area contributed by atoms with Gasteiger partial charge in [-0.1, -0.05) is 28.1 Å². The molecular formula is C25H20BrFN2O7. The van der Waals surface area contributed by atoms with E-state index < -0.39 is 17.9 Å². The van der Waals surface area contributed by atoms with E-state index in [9.17, 15) is 18.8 Å². The Morgan fingerprint density at radius 2 is 1.94 bits per heavy atom. The van der Waals surface area contributed by atoms with E-state index in [4.69, 9.17) is 13.9 Å². The second kappa shape index (κ2) is 10.6. The van der Waals surface area contributed by atoms with Crippen molar-refractivity contribution in [3.63, 3.8) is 0 Å². The zero-order valence-electron chi connectivity index (χ0n) is 19.2. The number of esters is 1. The minimum Gasteiger partial charge on any atom is -0.493 e. The maximum Gasteiger partial charge on any atom is 0.373 e. The van der Waals surface area contributed by atoms with Crippen molar-refractivity contribution in [2.75, 3.05) is 14.2 Å². The molecular weight excluding hydrogens is 539 g/mol. The molecule has 1 aromatic heterocycles. The molecule has 0 aliphatic carbocycles. The van der Waals surface area contributed by atoms with Crippen molar-refractivity contribution in [2.24, 2.45) is 0 Å². The zero-order valence-corrected chi connectivity index (χ0v) is 20.8. The smallest absolute Gasteiger partial charge is 0.373 e. The lowest BCUT2D eigenvalue weighted by atomic mass is 10.1. The molecule has 9 nitrogen and oxygen atoms in total. The predicted octanol–water partition coefficient (Wildman–Crippen LogP) is 4.65. The molecule has 11 heteroatoms. The number of nitrogens with one attached hydrogen (secondary N) is 1. The third kappa shape index (κ3) is 5.41. The number of benzene rings is 2. The number of hydrogen-bond donors (Lipinski definition) is 1. The zero-order chi connectivity index (χ0) is 25.8. The first-order valence-corrected chi connectivity index (χ1v) is 11.3. The molecule has 3 aromatic rings. The summed E-state index contributed by atoms with van der Waals surface area (Å²) in [6.07, 6.45) is 1.49. The average Bonchev–Trinajstić information content (AvgIpc) is 3.44. The molecule has 2 aromatic carbocycles. The fourth-order valence-electron chi connectivity index (χ4n) is 3.42. The highest BCUT2D eigenvalue weighted by molar-refractivity contribution is 9.10. The number of halogens is 2. The van der Waals surface area contributed by atoms with E-state index in [1.165, 1.54) is 44.6 Å². The maximum atomic E-state index is 13.4. The predicted molar refractivity (Wildman–Crippen MR) is 129 cm³/mol. The molecule has 1 aliphatic rings. The monoisotopic (exact) mass is 558 g/mol. The van der Waals surface area contributed by atoms with Gasteiger partial charge in [-0.05, 0) is 53.6 Å². The first kappa shape index (κ1) is 25.0. The molecule has 2 heterocycles. The molecule has 4 rings (SSSR count). The van der Waals surface area contributed by atoms with E-state index in [1.807, 2.05) is 0 Å². The summed E-state index contributed by atoms with van der Waals surface area (Å²) in [7, 11) is 2.68. The summed E-state index contributed by atoms with van der Waals surface area (Å²) in [6, 6.07) is 11.6. The molecule has 0 saturated carbocycles. The summed E-state index contributed by atoms with van der Waals surface area (Å²) in [5.74, 6) is -0.623. The fourth-order valence-corrected chi connectivity index (χ4v) is 3.86. The number of methoxy groups -OCH3 is 2. The minimum atomic E-state index is -0.666. The van der Waals surface area contributed by atoms with Crippen LogP contribution in [0.25, 0.3) is 6.08 Å². The molecule has 0 unspecified atom stereocenters. The van der Waals surface area contributed by atoms with E-state index in [0.29, 0.717) is 27.1 Å². The van der Waals surface area contributed by atoms with E-state index in [0.717, 1.165) is 4.90 Å². The summed E-state index contributed by atoms with van der Waals surface area (Å²) in [5, 5.41) is 2.53. The van der Waals surface area contributed by atoms with Crippen molar-refractivity contribution in [3.05, 3.63) is 87.2 Å². The van der Waals surface area contributed by atoms with Gasteiger partial charge in [-0.15, -0.1) is 0 Å². The van der Waals surface area contributed by atoms with Gasteiger partial charge in [-0.3, -0.25) is 9.69 Å². The first-order chi connectivity index (χ1) is 17.3. The quantitative estimate of drug-likeness (QED) is 0.243. The number of imide groups is 1. The van der Waals surface area contributed by atoms with Crippen molar-refractivity contribution < 1.29 is 37.4 Å². The SMILES string of the molecule is COC(=O)c1ccc(CN2C(=O)N/C(=C\c3cc(OC)c(OCc4cccc(F)c4)cc3Br)C2=O)o1. The lowest BCUT2D eigenvalue weighted by Crippen LogP contribution is -2.30. The van der Waals surface area contributed by atoms with Crippen LogP contribution < -0.4 is 14.8 Å². The maximum absolute atomic E-state index is 13.4.